The zero-order valence-corrected chi connectivity index (χ0v) is 14.4. The number of aliphatic carboxylic acids is 1. The van der Waals surface area contributed by atoms with E-state index in [-0.39, 0.29) is 17.6 Å². The van der Waals surface area contributed by atoms with Crippen LogP contribution in [0, 0.1) is 17.7 Å². The molecule has 1 fully saturated rings. The van der Waals surface area contributed by atoms with Crippen molar-refractivity contribution in [2.24, 2.45) is 11.8 Å². The van der Waals surface area contributed by atoms with E-state index in [4.69, 9.17) is 0 Å². The van der Waals surface area contributed by atoms with Gasteiger partial charge in [-0.1, -0.05) is 37.3 Å². The maximum atomic E-state index is 13.1. The number of amides is 1. The highest BCUT2D eigenvalue weighted by Crippen LogP contribution is 2.32. The summed E-state index contributed by atoms with van der Waals surface area (Å²) in [4.78, 5) is 26.3. The van der Waals surface area contributed by atoms with E-state index in [2.05, 4.69) is 5.32 Å². The third-order valence-electron chi connectivity index (χ3n) is 4.80. The van der Waals surface area contributed by atoms with Crippen molar-refractivity contribution >= 4 is 17.6 Å². The second-order valence-corrected chi connectivity index (χ2v) is 6.69. The van der Waals surface area contributed by atoms with Crippen LogP contribution in [0.3, 0.4) is 0 Å². The second kappa shape index (κ2) is 7.66. The molecule has 1 aliphatic heterocycles. The number of likely N-dealkylation sites (tertiary alicyclic amines) is 1. The van der Waals surface area contributed by atoms with Crippen molar-refractivity contribution < 1.29 is 19.1 Å². The van der Waals surface area contributed by atoms with Crippen LogP contribution in [0.15, 0.2) is 54.6 Å². The quantitative estimate of drug-likeness (QED) is 0.863. The molecule has 1 saturated heterocycles. The zero-order valence-electron chi connectivity index (χ0n) is 14.4. The number of hydrogen-bond donors (Lipinski definition) is 2. The smallest absolute Gasteiger partial charge is 0.308 e. The maximum Gasteiger partial charge on any atom is 0.308 e. The number of rotatable bonds is 5. The highest BCUT2D eigenvalue weighted by atomic mass is 19.1. The van der Waals surface area contributed by atoms with E-state index >= 15 is 0 Å². The molecule has 1 aliphatic rings. The van der Waals surface area contributed by atoms with Crippen molar-refractivity contribution in [3.8, 4) is 0 Å². The predicted octanol–water partition coefficient (Wildman–Crippen LogP) is 3.16. The Labute approximate surface area is 151 Å². The lowest BCUT2D eigenvalue weighted by Crippen LogP contribution is -2.36. The highest BCUT2D eigenvalue weighted by Gasteiger charge is 2.40. The van der Waals surface area contributed by atoms with Gasteiger partial charge in [-0.05, 0) is 35.7 Å². The van der Waals surface area contributed by atoms with Crippen molar-refractivity contribution in [2.75, 3.05) is 18.4 Å². The third kappa shape index (κ3) is 3.91. The lowest BCUT2D eigenvalue weighted by molar-refractivity contribution is -0.142. The van der Waals surface area contributed by atoms with Crippen LogP contribution in [0.5, 0.6) is 0 Å². The largest absolute Gasteiger partial charge is 0.481 e. The number of carbonyl (C=O) groups excluding carboxylic acids is 1. The summed E-state index contributed by atoms with van der Waals surface area (Å²) in [5.74, 6) is -2.02. The van der Waals surface area contributed by atoms with E-state index < -0.39 is 17.9 Å². The molecule has 1 unspecified atom stereocenters. The number of nitrogens with one attached hydrogen (secondary N) is 1. The molecule has 136 valence electrons. The van der Waals surface area contributed by atoms with E-state index in [1.165, 1.54) is 24.3 Å². The lowest BCUT2D eigenvalue weighted by Gasteiger charge is -2.27. The van der Waals surface area contributed by atoms with Gasteiger partial charge < -0.3 is 10.4 Å². The summed E-state index contributed by atoms with van der Waals surface area (Å²) in [6.45, 7) is 2.72. The monoisotopic (exact) mass is 356 g/mol. The number of anilines is 1. The molecule has 1 heterocycles. The van der Waals surface area contributed by atoms with Gasteiger partial charge in [-0.2, -0.15) is 0 Å². The molecule has 2 N–H and O–H groups in total. The average molecular weight is 356 g/mol. The molecule has 3 atom stereocenters. The van der Waals surface area contributed by atoms with Crippen LogP contribution in [-0.2, 0) is 9.59 Å². The molecule has 26 heavy (non-hydrogen) atoms. The van der Waals surface area contributed by atoms with Gasteiger partial charge in [0.25, 0.3) is 0 Å². The molecule has 0 aliphatic carbocycles. The fourth-order valence-electron chi connectivity index (χ4n) is 3.44. The number of carbonyl (C=O) groups is 2. The number of benzene rings is 2. The highest BCUT2D eigenvalue weighted by molar-refractivity contribution is 5.95. The molecular formula is C20H21FN2O3. The first-order valence-corrected chi connectivity index (χ1v) is 8.54. The zero-order chi connectivity index (χ0) is 18.7. The van der Waals surface area contributed by atoms with Crippen LogP contribution < -0.4 is 5.32 Å². The predicted molar refractivity (Wildman–Crippen MR) is 96.1 cm³/mol. The van der Waals surface area contributed by atoms with Crippen LogP contribution in [-0.4, -0.2) is 35.0 Å². The van der Waals surface area contributed by atoms with E-state index in [1.54, 1.807) is 0 Å². The van der Waals surface area contributed by atoms with Crippen molar-refractivity contribution in [2.45, 2.75) is 13.0 Å². The molecular weight excluding hydrogens is 335 g/mol. The minimum Gasteiger partial charge on any atom is -0.481 e. The topological polar surface area (TPSA) is 69.6 Å². The molecule has 0 aromatic heterocycles. The van der Waals surface area contributed by atoms with Gasteiger partial charge in [-0.15, -0.1) is 0 Å². The second-order valence-electron chi connectivity index (χ2n) is 6.69. The summed E-state index contributed by atoms with van der Waals surface area (Å²) in [6, 6.07) is 14.2. The van der Waals surface area contributed by atoms with Gasteiger partial charge >= 0.3 is 5.97 Å². The maximum absolute atomic E-state index is 13.1. The number of carboxylic acid groups (broad SMARTS) is 1. The Balaban J connectivity index is 1.85. The molecule has 6 heteroatoms. The molecule has 5 nitrogen and oxygen atoms in total. The van der Waals surface area contributed by atoms with Gasteiger partial charge in [-0.25, -0.2) is 4.39 Å². The van der Waals surface area contributed by atoms with Crippen molar-refractivity contribution in [1.29, 1.82) is 0 Å². The van der Waals surface area contributed by atoms with Crippen LogP contribution in [0.4, 0.5) is 10.1 Å². The number of hydrogen-bond acceptors (Lipinski definition) is 3. The Morgan fingerprint density at radius 2 is 1.77 bits per heavy atom. The summed E-state index contributed by atoms with van der Waals surface area (Å²) in [5, 5.41) is 12.2. The van der Waals surface area contributed by atoms with E-state index in [1.807, 2.05) is 42.2 Å². The van der Waals surface area contributed by atoms with Crippen LogP contribution >= 0.6 is 0 Å². The Morgan fingerprint density at radius 1 is 1.12 bits per heavy atom. The van der Waals surface area contributed by atoms with Gasteiger partial charge in [0.1, 0.15) is 11.9 Å². The summed E-state index contributed by atoms with van der Waals surface area (Å²) in [5.41, 5.74) is 1.30. The van der Waals surface area contributed by atoms with Crippen molar-refractivity contribution in [3.63, 3.8) is 0 Å². The van der Waals surface area contributed by atoms with Gasteiger partial charge in [-0.3, -0.25) is 14.5 Å². The SMILES string of the molecule is C[C@@H]1CN(C(C(=O)Nc2ccc(F)cc2)c2ccccc2)C[C@H]1C(=O)O. The summed E-state index contributed by atoms with van der Waals surface area (Å²) in [7, 11) is 0. The van der Waals surface area contributed by atoms with Gasteiger partial charge in [0.05, 0.1) is 5.92 Å². The molecule has 0 spiro atoms. The average Bonchev–Trinajstić information content (AvgIpc) is 2.99. The Kier molecular flexibility index (Phi) is 5.32. The lowest BCUT2D eigenvalue weighted by atomic mass is 9.99. The number of nitrogens with zero attached hydrogens (tertiary/aromatic N) is 1. The van der Waals surface area contributed by atoms with Crippen LogP contribution in [0.1, 0.15) is 18.5 Å². The first-order chi connectivity index (χ1) is 12.5. The molecule has 0 radical (unpaired) electrons. The summed E-state index contributed by atoms with van der Waals surface area (Å²) in [6.07, 6.45) is 0. The molecule has 1 amide bonds. The minimum atomic E-state index is -0.842. The summed E-state index contributed by atoms with van der Waals surface area (Å²) < 4.78 is 13.1. The van der Waals surface area contributed by atoms with Crippen LogP contribution in [0.25, 0.3) is 0 Å². The van der Waals surface area contributed by atoms with Gasteiger partial charge in [0.15, 0.2) is 0 Å². The number of halogens is 1. The van der Waals surface area contributed by atoms with Crippen molar-refractivity contribution in [3.05, 3.63) is 66.0 Å². The first kappa shape index (κ1) is 18.1. The summed E-state index contributed by atoms with van der Waals surface area (Å²) >= 11 is 0. The molecule has 0 saturated carbocycles. The van der Waals surface area contributed by atoms with Gasteiger partial charge in [0, 0.05) is 18.8 Å². The first-order valence-electron chi connectivity index (χ1n) is 8.54. The number of carboxylic acids is 1. The van der Waals surface area contributed by atoms with Gasteiger partial charge in [0.2, 0.25) is 5.91 Å². The van der Waals surface area contributed by atoms with Crippen LogP contribution in [0.2, 0.25) is 0 Å². The van der Waals surface area contributed by atoms with E-state index in [0.29, 0.717) is 18.8 Å². The Hall–Kier alpha value is -2.73. The minimum absolute atomic E-state index is 0.0441. The fraction of sp³-hybridized carbons (Fsp3) is 0.300. The van der Waals surface area contributed by atoms with E-state index in [9.17, 15) is 19.1 Å². The third-order valence-corrected chi connectivity index (χ3v) is 4.80. The Morgan fingerprint density at radius 3 is 2.35 bits per heavy atom. The molecule has 3 rings (SSSR count). The molecule has 2 aromatic carbocycles. The Bertz CT molecular complexity index is 779. The molecule has 0 bridgehead atoms. The van der Waals surface area contributed by atoms with E-state index in [0.717, 1.165) is 5.56 Å². The fourth-order valence-corrected chi connectivity index (χ4v) is 3.44. The molecule has 2 aromatic rings. The normalized spacial score (nSPS) is 21.3. The standard InChI is InChI=1S/C20H21FN2O3/c1-13-11-23(12-17(13)20(25)26)18(14-5-3-2-4-6-14)19(24)22-16-9-7-15(21)8-10-16/h2-10,13,17-18H,11-12H2,1H3,(H,22,24)(H,25,26)/t13-,17-,18?/m1/s1. The van der Waals surface area contributed by atoms with Crippen molar-refractivity contribution in [1.82, 2.24) is 4.90 Å².